The number of rotatable bonds is 6. The summed E-state index contributed by atoms with van der Waals surface area (Å²) in [4.78, 5) is 22.8. The number of aryl methyl sites for hydroxylation is 1. The first kappa shape index (κ1) is 24.0. The van der Waals surface area contributed by atoms with Crippen molar-refractivity contribution in [3.8, 4) is 0 Å². The molecule has 0 heterocycles. The molecule has 1 aromatic carbocycles. The van der Waals surface area contributed by atoms with E-state index in [1.807, 2.05) is 27.7 Å². The zero-order chi connectivity index (χ0) is 22.1. The van der Waals surface area contributed by atoms with Crippen LogP contribution in [0.15, 0.2) is 29.8 Å². The summed E-state index contributed by atoms with van der Waals surface area (Å²) < 4.78 is 6.56. The third-order valence-electron chi connectivity index (χ3n) is 5.36. The van der Waals surface area contributed by atoms with E-state index >= 15 is 0 Å². The van der Waals surface area contributed by atoms with E-state index in [-0.39, 0.29) is 16.3 Å². The van der Waals surface area contributed by atoms with Crippen LogP contribution in [0.5, 0.6) is 0 Å². The SMILES string of the molecule is Cc1ccc([N+](=O)[O-])cc1C(C=C(C(=O)O)C(C)(C)C)O[Si](C)(C)C(C)(C)C. The molecule has 1 rings (SSSR count). The molecule has 0 fully saturated rings. The van der Waals surface area contributed by atoms with E-state index in [0.29, 0.717) is 5.56 Å². The van der Waals surface area contributed by atoms with Crippen LogP contribution >= 0.6 is 0 Å². The highest BCUT2D eigenvalue weighted by molar-refractivity contribution is 6.74. The number of nitro groups is 1. The van der Waals surface area contributed by atoms with Crippen LogP contribution in [0.3, 0.4) is 0 Å². The monoisotopic (exact) mass is 407 g/mol. The molecule has 6 nitrogen and oxygen atoms in total. The van der Waals surface area contributed by atoms with Gasteiger partial charge in [-0.2, -0.15) is 0 Å². The Morgan fingerprint density at radius 1 is 1.21 bits per heavy atom. The fraction of sp³-hybridized carbons (Fsp3) is 0.571. The van der Waals surface area contributed by atoms with Gasteiger partial charge in [0.15, 0.2) is 8.32 Å². The fourth-order valence-corrected chi connectivity index (χ4v) is 3.71. The summed E-state index contributed by atoms with van der Waals surface area (Å²) >= 11 is 0. The van der Waals surface area contributed by atoms with E-state index in [1.54, 1.807) is 12.1 Å². The Balaban J connectivity index is 3.69. The van der Waals surface area contributed by atoms with Crippen LogP contribution in [0.1, 0.15) is 58.8 Å². The van der Waals surface area contributed by atoms with Crippen LogP contribution in [0.2, 0.25) is 18.1 Å². The highest BCUT2D eigenvalue weighted by Gasteiger charge is 2.40. The smallest absolute Gasteiger partial charge is 0.331 e. The van der Waals surface area contributed by atoms with E-state index < -0.39 is 30.7 Å². The maximum Gasteiger partial charge on any atom is 0.331 e. The second-order valence-electron chi connectivity index (χ2n) is 9.73. The molecule has 0 radical (unpaired) electrons. The highest BCUT2D eigenvalue weighted by Crippen LogP contribution is 2.42. The Labute approximate surface area is 168 Å². The number of hydrogen-bond acceptors (Lipinski definition) is 4. The molecule has 156 valence electrons. The van der Waals surface area contributed by atoms with Gasteiger partial charge in [0.25, 0.3) is 5.69 Å². The molecule has 0 amide bonds. The van der Waals surface area contributed by atoms with Crippen LogP contribution in [0.4, 0.5) is 5.69 Å². The van der Waals surface area contributed by atoms with E-state index in [4.69, 9.17) is 4.43 Å². The number of nitrogens with zero attached hydrogens (tertiary/aromatic N) is 1. The molecule has 0 saturated heterocycles. The lowest BCUT2D eigenvalue weighted by molar-refractivity contribution is -0.385. The summed E-state index contributed by atoms with van der Waals surface area (Å²) in [5, 5.41) is 20.9. The summed E-state index contributed by atoms with van der Waals surface area (Å²) in [6.07, 6.45) is 0.945. The first-order chi connectivity index (χ1) is 12.5. The van der Waals surface area contributed by atoms with E-state index in [9.17, 15) is 20.0 Å². The topological polar surface area (TPSA) is 89.7 Å². The van der Waals surface area contributed by atoms with Crippen molar-refractivity contribution in [3.63, 3.8) is 0 Å². The summed E-state index contributed by atoms with van der Waals surface area (Å²) in [6.45, 7) is 17.8. The molecule has 1 unspecified atom stereocenters. The molecule has 0 spiro atoms. The largest absolute Gasteiger partial charge is 0.478 e. The van der Waals surface area contributed by atoms with Gasteiger partial charge < -0.3 is 9.53 Å². The molecule has 0 aliphatic heterocycles. The van der Waals surface area contributed by atoms with Gasteiger partial charge in [-0.25, -0.2) is 4.79 Å². The zero-order valence-electron chi connectivity index (χ0n) is 18.4. The maximum atomic E-state index is 11.9. The number of carboxylic acids is 1. The predicted octanol–water partition coefficient (Wildman–Crippen LogP) is 6.02. The molecule has 7 heteroatoms. The minimum atomic E-state index is -2.29. The van der Waals surface area contributed by atoms with Gasteiger partial charge in [-0.1, -0.05) is 47.6 Å². The molecule has 28 heavy (non-hydrogen) atoms. The Kier molecular flexibility index (Phi) is 7.01. The van der Waals surface area contributed by atoms with Gasteiger partial charge in [0, 0.05) is 17.7 Å². The van der Waals surface area contributed by atoms with Crippen LogP contribution < -0.4 is 0 Å². The van der Waals surface area contributed by atoms with Crippen molar-refractivity contribution in [3.05, 3.63) is 51.1 Å². The molecule has 0 aromatic heterocycles. The number of non-ortho nitro benzene ring substituents is 1. The first-order valence-corrected chi connectivity index (χ1v) is 12.3. The molecule has 1 aromatic rings. The molecule has 0 saturated carbocycles. The van der Waals surface area contributed by atoms with E-state index in [1.165, 1.54) is 12.1 Å². The first-order valence-electron chi connectivity index (χ1n) is 9.36. The number of carbonyl (C=O) groups is 1. The third kappa shape index (κ3) is 5.75. The van der Waals surface area contributed by atoms with E-state index in [0.717, 1.165) is 5.56 Å². The predicted molar refractivity (Wildman–Crippen MR) is 114 cm³/mol. The van der Waals surface area contributed by atoms with Crippen LogP contribution in [-0.2, 0) is 9.22 Å². The number of nitro benzene ring substituents is 1. The van der Waals surface area contributed by atoms with Crippen molar-refractivity contribution in [2.75, 3.05) is 0 Å². The molecular formula is C21H33NO5Si. The molecular weight excluding hydrogens is 374 g/mol. The van der Waals surface area contributed by atoms with Gasteiger partial charge in [-0.3, -0.25) is 10.1 Å². The summed E-state index contributed by atoms with van der Waals surface area (Å²) in [5.74, 6) is -1.01. The van der Waals surface area contributed by atoms with Crippen molar-refractivity contribution in [2.24, 2.45) is 5.41 Å². The van der Waals surface area contributed by atoms with Gasteiger partial charge in [0.2, 0.25) is 0 Å². The summed E-state index contributed by atoms with van der Waals surface area (Å²) in [5.41, 5.74) is 1.04. The van der Waals surface area contributed by atoms with Crippen molar-refractivity contribution in [1.29, 1.82) is 0 Å². The Hall–Kier alpha value is -1.99. The Morgan fingerprint density at radius 2 is 1.75 bits per heavy atom. The lowest BCUT2D eigenvalue weighted by atomic mass is 9.84. The summed E-state index contributed by atoms with van der Waals surface area (Å²) in [7, 11) is -2.29. The molecule has 1 N–H and O–H groups in total. The number of hydrogen-bond donors (Lipinski definition) is 1. The van der Waals surface area contributed by atoms with Crippen LogP contribution in [0, 0.1) is 22.5 Å². The number of carboxylic acid groups (broad SMARTS) is 1. The van der Waals surface area contributed by atoms with Crippen molar-refractivity contribution in [1.82, 2.24) is 0 Å². The third-order valence-corrected chi connectivity index (χ3v) is 9.82. The van der Waals surface area contributed by atoms with Crippen molar-refractivity contribution < 1.29 is 19.3 Å². The van der Waals surface area contributed by atoms with Crippen molar-refractivity contribution in [2.45, 2.75) is 72.7 Å². The van der Waals surface area contributed by atoms with Gasteiger partial charge >= 0.3 is 5.97 Å². The number of benzene rings is 1. The fourth-order valence-electron chi connectivity index (χ4n) is 2.52. The average molecular weight is 408 g/mol. The van der Waals surface area contributed by atoms with Gasteiger partial charge in [-0.15, -0.1) is 0 Å². The zero-order valence-corrected chi connectivity index (χ0v) is 19.4. The lowest BCUT2D eigenvalue weighted by Gasteiger charge is -2.39. The molecule has 0 bridgehead atoms. The minimum Gasteiger partial charge on any atom is -0.478 e. The second kappa shape index (κ2) is 8.17. The molecule has 0 aliphatic carbocycles. The lowest BCUT2D eigenvalue weighted by Crippen LogP contribution is -2.41. The van der Waals surface area contributed by atoms with Crippen LogP contribution in [-0.4, -0.2) is 24.3 Å². The average Bonchev–Trinajstić information content (AvgIpc) is 2.48. The van der Waals surface area contributed by atoms with Gasteiger partial charge in [0.05, 0.1) is 11.0 Å². The normalized spacial score (nSPS) is 14.7. The Bertz CT molecular complexity index is 785. The second-order valence-corrected chi connectivity index (χ2v) is 14.5. The molecule has 0 aliphatic rings. The van der Waals surface area contributed by atoms with E-state index in [2.05, 4.69) is 33.9 Å². The van der Waals surface area contributed by atoms with Crippen molar-refractivity contribution >= 4 is 20.0 Å². The summed E-state index contributed by atoms with van der Waals surface area (Å²) in [6, 6.07) is 4.63. The highest BCUT2D eigenvalue weighted by atomic mass is 28.4. The minimum absolute atomic E-state index is 0.0366. The quantitative estimate of drug-likeness (QED) is 0.269. The van der Waals surface area contributed by atoms with Gasteiger partial charge in [-0.05, 0) is 47.7 Å². The van der Waals surface area contributed by atoms with Crippen LogP contribution in [0.25, 0.3) is 0 Å². The molecule has 1 atom stereocenters. The Morgan fingerprint density at radius 3 is 2.14 bits per heavy atom. The van der Waals surface area contributed by atoms with Gasteiger partial charge in [0.1, 0.15) is 0 Å². The standard InChI is InChI=1S/C21H33NO5Si/c1-14-10-11-15(22(25)26)12-16(14)18(27-28(8,9)21(5,6)7)13-17(19(23)24)20(2,3)4/h10-13,18H,1-9H3,(H,23,24). The maximum absolute atomic E-state index is 11.9. The number of aliphatic carboxylic acids is 1.